The zero-order valence-corrected chi connectivity index (χ0v) is 12.8. The maximum atomic E-state index is 12.5. The second-order valence-electron chi connectivity index (χ2n) is 6.04. The van der Waals surface area contributed by atoms with Crippen molar-refractivity contribution in [1.82, 2.24) is 19.7 Å². The highest BCUT2D eigenvalue weighted by Crippen LogP contribution is 2.33. The second-order valence-corrected chi connectivity index (χ2v) is 6.04. The van der Waals surface area contributed by atoms with E-state index in [-0.39, 0.29) is 11.7 Å². The summed E-state index contributed by atoms with van der Waals surface area (Å²) >= 11 is 0. The van der Waals surface area contributed by atoms with E-state index < -0.39 is 0 Å². The van der Waals surface area contributed by atoms with Gasteiger partial charge in [-0.05, 0) is 24.3 Å². The van der Waals surface area contributed by atoms with E-state index in [0.29, 0.717) is 24.4 Å². The number of carbonyl (C=O) groups is 1. The number of Topliss-reactive ketones (excluding diaryl/α,β-unsaturated/α-hetero) is 1. The minimum absolute atomic E-state index is 0.0415. The van der Waals surface area contributed by atoms with Crippen molar-refractivity contribution in [3.05, 3.63) is 65.9 Å². The number of para-hydroxylation sites is 2. The number of aromatic nitrogens is 4. The number of nitrogens with one attached hydrogen (secondary N) is 1. The van der Waals surface area contributed by atoms with Crippen molar-refractivity contribution in [2.24, 2.45) is 0 Å². The van der Waals surface area contributed by atoms with Gasteiger partial charge in [0.25, 0.3) is 0 Å². The number of carbonyl (C=O) groups excluding carboxylic acids is 1. The van der Waals surface area contributed by atoms with Crippen LogP contribution in [0.3, 0.4) is 0 Å². The molecule has 1 aliphatic rings. The van der Waals surface area contributed by atoms with Crippen LogP contribution in [-0.2, 0) is 6.42 Å². The summed E-state index contributed by atoms with van der Waals surface area (Å²) in [5, 5.41) is 4.40. The molecular weight excluding hydrogens is 304 g/mol. The van der Waals surface area contributed by atoms with Gasteiger partial charge in [0.15, 0.2) is 5.78 Å². The zero-order valence-electron chi connectivity index (χ0n) is 12.8. The van der Waals surface area contributed by atoms with Gasteiger partial charge in [0.1, 0.15) is 5.76 Å². The van der Waals surface area contributed by atoms with Crippen LogP contribution in [0, 0.1) is 0 Å². The fourth-order valence-corrected chi connectivity index (χ4v) is 3.39. The van der Waals surface area contributed by atoms with Crippen LogP contribution in [0.25, 0.3) is 17.0 Å². The Balaban J connectivity index is 1.61. The number of aromatic amines is 1. The molecule has 24 heavy (non-hydrogen) atoms. The Morgan fingerprint density at radius 3 is 2.92 bits per heavy atom. The van der Waals surface area contributed by atoms with Gasteiger partial charge in [-0.1, -0.05) is 12.1 Å². The Morgan fingerprint density at radius 1 is 1.17 bits per heavy atom. The third-order valence-electron chi connectivity index (χ3n) is 4.56. The molecule has 0 fully saturated rings. The molecular formula is C18H14N4O2. The van der Waals surface area contributed by atoms with Crippen molar-refractivity contribution in [1.29, 1.82) is 0 Å². The number of hydrogen-bond acceptors (Lipinski definition) is 4. The molecule has 3 aromatic heterocycles. The number of nitrogens with zero attached hydrogens (tertiary/aromatic N) is 3. The van der Waals surface area contributed by atoms with E-state index in [1.54, 1.807) is 17.1 Å². The molecule has 0 spiro atoms. The Kier molecular flexibility index (Phi) is 2.73. The van der Waals surface area contributed by atoms with Gasteiger partial charge < -0.3 is 9.40 Å². The minimum atomic E-state index is 0.0415. The summed E-state index contributed by atoms with van der Waals surface area (Å²) in [5.74, 6) is 1.61. The van der Waals surface area contributed by atoms with Crippen LogP contribution in [0.15, 0.2) is 53.3 Å². The van der Waals surface area contributed by atoms with E-state index in [1.807, 2.05) is 36.4 Å². The largest absolute Gasteiger partial charge is 0.469 e. The van der Waals surface area contributed by atoms with Crippen LogP contribution >= 0.6 is 0 Å². The smallest absolute Gasteiger partial charge is 0.229 e. The molecule has 0 saturated carbocycles. The molecule has 1 atom stereocenters. The summed E-state index contributed by atoms with van der Waals surface area (Å²) in [6.07, 6.45) is 4.44. The highest BCUT2D eigenvalue weighted by molar-refractivity contribution is 5.98. The number of benzene rings is 1. The number of ketones is 1. The molecule has 0 bridgehead atoms. The van der Waals surface area contributed by atoms with Gasteiger partial charge in [0, 0.05) is 18.8 Å². The highest BCUT2D eigenvalue weighted by Gasteiger charge is 2.31. The molecule has 1 aromatic carbocycles. The Hall–Kier alpha value is -3.15. The van der Waals surface area contributed by atoms with Crippen molar-refractivity contribution < 1.29 is 9.21 Å². The predicted molar refractivity (Wildman–Crippen MR) is 87.3 cm³/mol. The molecule has 0 amide bonds. The van der Waals surface area contributed by atoms with Crippen LogP contribution in [0.1, 0.15) is 34.2 Å². The molecule has 3 heterocycles. The van der Waals surface area contributed by atoms with E-state index in [1.165, 1.54) is 0 Å². The van der Waals surface area contributed by atoms with Gasteiger partial charge in [0.05, 0.1) is 34.8 Å². The number of fused-ring (bicyclic) bond motifs is 2. The van der Waals surface area contributed by atoms with Gasteiger partial charge in [-0.25, -0.2) is 9.67 Å². The number of hydrogen-bond donors (Lipinski definition) is 1. The summed E-state index contributed by atoms with van der Waals surface area (Å²) in [6, 6.07) is 11.6. The normalized spacial score (nSPS) is 17.3. The van der Waals surface area contributed by atoms with Crippen LogP contribution in [0.2, 0.25) is 0 Å². The molecule has 4 aromatic rings. The van der Waals surface area contributed by atoms with Gasteiger partial charge in [-0.2, -0.15) is 5.10 Å². The van der Waals surface area contributed by atoms with Crippen LogP contribution in [-0.4, -0.2) is 25.5 Å². The average molecular weight is 318 g/mol. The summed E-state index contributed by atoms with van der Waals surface area (Å²) in [5.41, 5.74) is 3.38. The first-order valence-corrected chi connectivity index (χ1v) is 7.88. The van der Waals surface area contributed by atoms with Gasteiger partial charge in [-0.15, -0.1) is 0 Å². The van der Waals surface area contributed by atoms with Crippen LogP contribution in [0.4, 0.5) is 0 Å². The SMILES string of the molecule is O=C1C[C@H](c2ccco2)Cc2c1cnn2-c1nc2ccccc2[nH]1. The molecule has 6 nitrogen and oxygen atoms in total. The topological polar surface area (TPSA) is 76.7 Å². The first kappa shape index (κ1) is 13.3. The Labute approximate surface area is 137 Å². The molecule has 0 unspecified atom stereocenters. The maximum Gasteiger partial charge on any atom is 0.229 e. The number of furan rings is 1. The van der Waals surface area contributed by atoms with E-state index in [9.17, 15) is 4.79 Å². The first-order chi connectivity index (χ1) is 11.8. The first-order valence-electron chi connectivity index (χ1n) is 7.88. The van der Waals surface area contributed by atoms with Gasteiger partial charge >= 0.3 is 0 Å². The van der Waals surface area contributed by atoms with E-state index >= 15 is 0 Å². The Bertz CT molecular complexity index is 1010. The average Bonchev–Trinajstić information content (AvgIpc) is 3.32. The third kappa shape index (κ3) is 1.93. The molecule has 0 saturated heterocycles. The lowest BCUT2D eigenvalue weighted by molar-refractivity contribution is 0.0959. The summed E-state index contributed by atoms with van der Waals surface area (Å²) in [6.45, 7) is 0. The van der Waals surface area contributed by atoms with Crippen molar-refractivity contribution in [2.45, 2.75) is 18.8 Å². The quantitative estimate of drug-likeness (QED) is 0.615. The van der Waals surface area contributed by atoms with Gasteiger partial charge in [0.2, 0.25) is 5.95 Å². The standard InChI is InChI=1S/C18H14N4O2/c23-16-9-11(17-6-3-7-24-17)8-15-12(16)10-19-22(15)18-20-13-4-1-2-5-14(13)21-18/h1-7,10-11H,8-9H2,(H,20,21)/t11-/m1/s1. The molecule has 0 radical (unpaired) electrons. The Morgan fingerprint density at radius 2 is 2.08 bits per heavy atom. The monoisotopic (exact) mass is 318 g/mol. The van der Waals surface area contributed by atoms with Crippen LogP contribution in [0.5, 0.6) is 0 Å². The summed E-state index contributed by atoms with van der Waals surface area (Å²) < 4.78 is 7.24. The molecule has 6 heteroatoms. The maximum absolute atomic E-state index is 12.5. The lowest BCUT2D eigenvalue weighted by atomic mass is 9.85. The third-order valence-corrected chi connectivity index (χ3v) is 4.56. The van der Waals surface area contributed by atoms with Crippen molar-refractivity contribution in [2.75, 3.05) is 0 Å². The van der Waals surface area contributed by atoms with Gasteiger partial charge in [-0.3, -0.25) is 4.79 Å². The molecule has 5 rings (SSSR count). The molecule has 1 N–H and O–H groups in total. The second kappa shape index (κ2) is 4.92. The zero-order chi connectivity index (χ0) is 16.1. The predicted octanol–water partition coefficient (Wildman–Crippen LogP) is 3.25. The molecule has 0 aliphatic heterocycles. The summed E-state index contributed by atoms with van der Waals surface area (Å²) in [4.78, 5) is 20.3. The fourth-order valence-electron chi connectivity index (χ4n) is 3.39. The van der Waals surface area contributed by atoms with Crippen molar-refractivity contribution >= 4 is 16.8 Å². The lowest BCUT2D eigenvalue weighted by Crippen LogP contribution is -2.20. The van der Waals surface area contributed by atoms with E-state index in [0.717, 1.165) is 22.5 Å². The molecule has 118 valence electrons. The minimum Gasteiger partial charge on any atom is -0.469 e. The number of rotatable bonds is 2. The van der Waals surface area contributed by atoms with E-state index in [2.05, 4.69) is 15.1 Å². The van der Waals surface area contributed by atoms with E-state index in [4.69, 9.17) is 4.42 Å². The molecule has 1 aliphatic carbocycles. The summed E-state index contributed by atoms with van der Waals surface area (Å²) in [7, 11) is 0. The van der Waals surface area contributed by atoms with Crippen molar-refractivity contribution in [3.8, 4) is 5.95 Å². The lowest BCUT2D eigenvalue weighted by Gasteiger charge is -2.20. The van der Waals surface area contributed by atoms with Crippen molar-refractivity contribution in [3.63, 3.8) is 0 Å². The fraction of sp³-hybridized carbons (Fsp3) is 0.167. The van der Waals surface area contributed by atoms with Crippen LogP contribution < -0.4 is 0 Å². The number of imidazole rings is 1. The number of H-pyrrole nitrogens is 1. The highest BCUT2D eigenvalue weighted by atomic mass is 16.3.